The van der Waals surface area contributed by atoms with Crippen LogP contribution >= 0.6 is 0 Å². The molecule has 0 aromatic heterocycles. The van der Waals surface area contributed by atoms with Gasteiger partial charge in [-0.15, -0.1) is 13.2 Å². The molecule has 0 radical (unpaired) electrons. The minimum absolute atomic E-state index is 0.0449. The van der Waals surface area contributed by atoms with Gasteiger partial charge in [-0.05, 0) is 31.4 Å². The molecule has 0 saturated carbocycles. The number of ether oxygens (including phenoxy) is 2. The first-order valence-electron chi connectivity index (χ1n) is 8.65. The van der Waals surface area contributed by atoms with Crippen molar-refractivity contribution in [1.82, 2.24) is 4.72 Å². The van der Waals surface area contributed by atoms with Crippen LogP contribution < -0.4 is 20.5 Å². The Bertz CT molecular complexity index is 765. The molecule has 1 heterocycles. The van der Waals surface area contributed by atoms with Crippen molar-refractivity contribution in [3.05, 3.63) is 24.3 Å². The lowest BCUT2D eigenvalue weighted by atomic mass is 10.1. The molecule has 1 aliphatic heterocycles. The van der Waals surface area contributed by atoms with E-state index in [9.17, 15) is 21.6 Å². The summed E-state index contributed by atoms with van der Waals surface area (Å²) < 4.78 is 73.0. The van der Waals surface area contributed by atoms with Crippen molar-refractivity contribution < 1.29 is 31.1 Å². The van der Waals surface area contributed by atoms with E-state index in [4.69, 9.17) is 10.5 Å². The van der Waals surface area contributed by atoms with Gasteiger partial charge in [0.15, 0.2) is 11.7 Å². The molecular weight excluding hydrogens is 401 g/mol. The number of alkyl halides is 3. The van der Waals surface area contributed by atoms with Crippen LogP contribution in [0.15, 0.2) is 29.3 Å². The Kier molecular flexibility index (Phi) is 7.89. The standard InChI is InChI=1S/C16H23F3N4O4S/c17-16(18,19)27-14-7-2-1-6-13(14)23-15(20)21-8-10-28(24,25)22-11-12-5-3-4-9-26-12/h1-2,6-7,12,22H,3-5,8-11H2,(H3,20,21,23). The van der Waals surface area contributed by atoms with Gasteiger partial charge in [-0.2, -0.15) is 0 Å². The number of rotatable bonds is 8. The summed E-state index contributed by atoms with van der Waals surface area (Å²) in [6.45, 7) is 0.655. The van der Waals surface area contributed by atoms with Gasteiger partial charge in [0.1, 0.15) is 0 Å². The topological polar surface area (TPSA) is 115 Å². The Morgan fingerprint density at radius 3 is 2.75 bits per heavy atom. The lowest BCUT2D eigenvalue weighted by molar-refractivity contribution is -0.274. The summed E-state index contributed by atoms with van der Waals surface area (Å²) in [7, 11) is -3.58. The zero-order valence-electron chi connectivity index (χ0n) is 15.0. The summed E-state index contributed by atoms with van der Waals surface area (Å²) in [6, 6.07) is 5.30. The number of sulfonamides is 1. The van der Waals surface area contributed by atoms with Gasteiger partial charge in [0, 0.05) is 13.2 Å². The summed E-state index contributed by atoms with van der Waals surface area (Å²) in [5, 5.41) is 2.47. The highest BCUT2D eigenvalue weighted by molar-refractivity contribution is 7.89. The second-order valence-electron chi connectivity index (χ2n) is 6.09. The van der Waals surface area contributed by atoms with E-state index in [1.807, 2.05) is 0 Å². The van der Waals surface area contributed by atoms with Crippen molar-refractivity contribution in [2.45, 2.75) is 31.7 Å². The van der Waals surface area contributed by atoms with Crippen molar-refractivity contribution in [3.63, 3.8) is 0 Å². The third-order valence-corrected chi connectivity index (χ3v) is 5.15. The van der Waals surface area contributed by atoms with Crippen molar-refractivity contribution in [1.29, 1.82) is 0 Å². The normalized spacial score (nSPS) is 18.7. The fourth-order valence-electron chi connectivity index (χ4n) is 2.51. The van der Waals surface area contributed by atoms with Gasteiger partial charge in [0.25, 0.3) is 0 Å². The molecule has 12 heteroatoms. The lowest BCUT2D eigenvalue weighted by Crippen LogP contribution is -2.37. The Hall–Kier alpha value is -2.05. The van der Waals surface area contributed by atoms with E-state index in [1.54, 1.807) is 0 Å². The molecule has 0 amide bonds. The predicted molar refractivity (Wildman–Crippen MR) is 98.6 cm³/mol. The van der Waals surface area contributed by atoms with E-state index < -0.39 is 22.1 Å². The average molecular weight is 424 g/mol. The van der Waals surface area contributed by atoms with E-state index >= 15 is 0 Å². The molecule has 1 fully saturated rings. The molecule has 0 bridgehead atoms. The zero-order chi connectivity index (χ0) is 20.6. The van der Waals surface area contributed by atoms with E-state index in [0.29, 0.717) is 6.61 Å². The number of para-hydroxylation sites is 2. The molecule has 4 N–H and O–H groups in total. The smallest absolute Gasteiger partial charge is 0.404 e. The molecule has 1 unspecified atom stereocenters. The van der Waals surface area contributed by atoms with Crippen LogP contribution in [0.4, 0.5) is 18.9 Å². The van der Waals surface area contributed by atoms with Crippen LogP contribution in [-0.4, -0.2) is 52.3 Å². The summed E-state index contributed by atoms with van der Waals surface area (Å²) in [4.78, 5) is 3.83. The third-order valence-electron chi connectivity index (χ3n) is 3.82. The molecule has 2 rings (SSSR count). The van der Waals surface area contributed by atoms with Crippen LogP contribution in [0.25, 0.3) is 0 Å². The number of nitrogens with one attached hydrogen (secondary N) is 2. The van der Waals surface area contributed by atoms with Crippen molar-refractivity contribution >= 4 is 21.7 Å². The van der Waals surface area contributed by atoms with Gasteiger partial charge in [0.05, 0.1) is 24.1 Å². The van der Waals surface area contributed by atoms with Crippen LogP contribution in [0, 0.1) is 0 Å². The maximum absolute atomic E-state index is 12.4. The Morgan fingerprint density at radius 1 is 1.32 bits per heavy atom. The number of benzene rings is 1. The van der Waals surface area contributed by atoms with Crippen molar-refractivity contribution in [2.75, 3.05) is 30.8 Å². The fourth-order valence-corrected chi connectivity index (χ4v) is 3.42. The van der Waals surface area contributed by atoms with Crippen LogP contribution in [0.3, 0.4) is 0 Å². The van der Waals surface area contributed by atoms with E-state index in [1.165, 1.54) is 18.2 Å². The Labute approximate surface area is 161 Å². The monoisotopic (exact) mass is 424 g/mol. The quantitative estimate of drug-likeness (QED) is 0.433. The predicted octanol–water partition coefficient (Wildman–Crippen LogP) is 1.80. The zero-order valence-corrected chi connectivity index (χ0v) is 15.9. The number of nitrogens with two attached hydrogens (primary N) is 1. The van der Waals surface area contributed by atoms with Gasteiger partial charge in [-0.1, -0.05) is 12.1 Å². The molecule has 158 valence electrons. The second-order valence-corrected chi connectivity index (χ2v) is 8.02. The summed E-state index contributed by atoms with van der Waals surface area (Å²) >= 11 is 0. The first-order chi connectivity index (χ1) is 13.1. The minimum Gasteiger partial charge on any atom is -0.404 e. The SMILES string of the molecule is NC(=NCCS(=O)(=O)NCC1CCCCO1)Nc1ccccc1OC(F)(F)F. The number of aliphatic imine (C=N–C) groups is 1. The maximum atomic E-state index is 12.4. The number of hydrogen-bond acceptors (Lipinski definition) is 5. The molecule has 28 heavy (non-hydrogen) atoms. The highest BCUT2D eigenvalue weighted by atomic mass is 32.2. The van der Waals surface area contributed by atoms with Crippen molar-refractivity contribution in [2.24, 2.45) is 10.7 Å². The van der Waals surface area contributed by atoms with E-state index in [0.717, 1.165) is 25.3 Å². The second kappa shape index (κ2) is 9.94. The molecular formula is C16H23F3N4O4S. The number of anilines is 1. The molecule has 1 aliphatic rings. The molecule has 1 atom stereocenters. The molecule has 1 saturated heterocycles. The van der Waals surface area contributed by atoms with Gasteiger partial charge in [-0.25, -0.2) is 13.1 Å². The Balaban J connectivity index is 1.84. The summed E-state index contributed by atoms with van der Waals surface area (Å²) in [6.07, 6.45) is -2.22. The largest absolute Gasteiger partial charge is 0.573 e. The first-order valence-corrected chi connectivity index (χ1v) is 10.3. The lowest BCUT2D eigenvalue weighted by Gasteiger charge is -2.22. The van der Waals surface area contributed by atoms with Crippen LogP contribution in [0.5, 0.6) is 5.75 Å². The summed E-state index contributed by atoms with van der Waals surface area (Å²) in [5.74, 6) is -1.03. The van der Waals surface area contributed by atoms with Crippen molar-refractivity contribution in [3.8, 4) is 5.75 Å². The fraction of sp³-hybridized carbons (Fsp3) is 0.562. The van der Waals surface area contributed by atoms with E-state index in [2.05, 4.69) is 19.8 Å². The van der Waals surface area contributed by atoms with Gasteiger partial charge in [-0.3, -0.25) is 4.99 Å². The van der Waals surface area contributed by atoms with Crippen LogP contribution in [0.1, 0.15) is 19.3 Å². The highest BCUT2D eigenvalue weighted by Gasteiger charge is 2.32. The van der Waals surface area contributed by atoms with Crippen LogP contribution in [0.2, 0.25) is 0 Å². The first kappa shape index (κ1) is 22.2. The average Bonchev–Trinajstić information content (AvgIpc) is 2.61. The number of guanidine groups is 1. The molecule has 0 spiro atoms. The number of hydrogen-bond donors (Lipinski definition) is 3. The van der Waals surface area contributed by atoms with Gasteiger partial charge in [0.2, 0.25) is 10.0 Å². The van der Waals surface area contributed by atoms with Crippen LogP contribution in [-0.2, 0) is 14.8 Å². The number of nitrogens with zero attached hydrogens (tertiary/aromatic N) is 1. The highest BCUT2D eigenvalue weighted by Crippen LogP contribution is 2.29. The molecule has 1 aromatic carbocycles. The molecule has 8 nitrogen and oxygen atoms in total. The summed E-state index contributed by atoms with van der Waals surface area (Å²) in [5.41, 5.74) is 5.58. The minimum atomic E-state index is -4.86. The Morgan fingerprint density at radius 2 is 2.07 bits per heavy atom. The number of halogens is 3. The van der Waals surface area contributed by atoms with Gasteiger partial charge < -0.3 is 20.5 Å². The maximum Gasteiger partial charge on any atom is 0.573 e. The molecule has 1 aromatic rings. The van der Waals surface area contributed by atoms with E-state index in [-0.39, 0.29) is 36.6 Å². The third kappa shape index (κ3) is 8.31. The molecule has 0 aliphatic carbocycles. The van der Waals surface area contributed by atoms with Gasteiger partial charge >= 0.3 is 6.36 Å².